The molecule has 0 aromatic carbocycles. The first kappa shape index (κ1) is 67.2. The van der Waals surface area contributed by atoms with Crippen molar-refractivity contribution in [1.29, 1.82) is 0 Å². The summed E-state index contributed by atoms with van der Waals surface area (Å²) in [4.78, 5) is 24.7. The second-order valence-electron chi connectivity index (χ2n) is 22.7. The van der Waals surface area contributed by atoms with Crippen LogP contribution >= 0.6 is 15.8 Å². The quantitative estimate of drug-likeness (QED) is 0.0534. The minimum absolute atomic E-state index is 0. The van der Waals surface area contributed by atoms with E-state index in [9.17, 15) is 9.59 Å². The second-order valence-corrected chi connectivity index (χ2v) is 28.7. The summed E-state index contributed by atoms with van der Waals surface area (Å²) in [5.74, 6) is -0.0778. The van der Waals surface area contributed by atoms with Crippen molar-refractivity contribution in [1.82, 2.24) is 0 Å². The zero-order valence-electron chi connectivity index (χ0n) is 48.1. The van der Waals surface area contributed by atoms with Crippen molar-refractivity contribution in [3.63, 3.8) is 0 Å². The van der Waals surface area contributed by atoms with Crippen LogP contribution in [0.1, 0.15) is 132 Å². The molecule has 0 bridgehead atoms. The third-order valence-electron chi connectivity index (χ3n) is 14.5. The van der Waals surface area contributed by atoms with Crippen LogP contribution in [0.4, 0.5) is 0 Å². The molecule has 21 heteroatoms. The van der Waals surface area contributed by atoms with Gasteiger partial charge in [-0.1, -0.05) is 0 Å². The molecule has 0 saturated carbocycles. The van der Waals surface area contributed by atoms with Gasteiger partial charge >= 0.3 is 0 Å². The number of nitrogens with zero attached hydrogens (tertiary/aromatic N) is 2. The van der Waals surface area contributed by atoms with E-state index in [1.807, 2.05) is 27.7 Å². The molecule has 0 aromatic rings. The fraction of sp³-hybridized carbons (Fsp3) is 0.893. The molecule has 77 heavy (non-hydrogen) atoms. The van der Waals surface area contributed by atoms with Gasteiger partial charge in [-0.05, 0) is 93.9 Å². The molecule has 0 N–H and O–H groups in total. The van der Waals surface area contributed by atoms with Crippen LogP contribution in [-0.2, 0) is 96.0 Å². The summed E-state index contributed by atoms with van der Waals surface area (Å²) in [6.07, 6.45) is 22.5. The molecule has 8 aliphatic rings. The van der Waals surface area contributed by atoms with Crippen LogP contribution < -0.4 is 0 Å². The Morgan fingerprint density at radius 3 is 0.727 bits per heavy atom. The van der Waals surface area contributed by atoms with Crippen LogP contribution in [0.2, 0.25) is 0 Å². The summed E-state index contributed by atoms with van der Waals surface area (Å²) in [5, 5.41) is 8.62. The maximum Gasteiger partial charge on any atom is 0.191 e. The van der Waals surface area contributed by atoms with Crippen LogP contribution in [0.5, 0.6) is 0 Å². The Hall–Kier alpha value is -0.631. The molecule has 1 radical (unpaired) electrons. The van der Waals surface area contributed by atoms with Crippen molar-refractivity contribution in [2.75, 3.05) is 129 Å². The zero-order chi connectivity index (χ0) is 54.3. The summed E-state index contributed by atoms with van der Waals surface area (Å²) in [7, 11) is -1.04. The van der Waals surface area contributed by atoms with Crippen molar-refractivity contribution in [2.24, 2.45) is 0 Å². The van der Waals surface area contributed by atoms with Crippen LogP contribution in [0.25, 0.3) is 10.6 Å². The average molecular weight is 1220 g/mol. The molecule has 0 spiro atoms. The summed E-state index contributed by atoms with van der Waals surface area (Å²) >= 11 is 0. The van der Waals surface area contributed by atoms with Crippen molar-refractivity contribution in [2.45, 2.75) is 193 Å². The predicted molar refractivity (Wildman–Crippen MR) is 297 cm³/mol. The standard InChI is InChI=1S/C20H32N2O4.2C18H33O6P.Tc/c1-17(2)13(15(23)19(5,6)25-17)11-21-9-10-22-12-14-16(24)20(7,8)26-18(14,3)4;2*1-7-19-16(20-8-1)4-13-25(14-5-17-21-9-2-10-22-17)15-6-18-23-11-3-12-24-18;/h11-12H,9-10H2,1-8H3,(H2,21,22,23,24);2*16-18H,1-15H2;/i;;;1+1. The minimum atomic E-state index is -0.819. The van der Waals surface area contributed by atoms with E-state index in [2.05, 4.69) is 10.6 Å². The van der Waals surface area contributed by atoms with E-state index in [1.54, 1.807) is 40.1 Å². The Morgan fingerprint density at radius 1 is 0.364 bits per heavy atom. The van der Waals surface area contributed by atoms with Crippen molar-refractivity contribution in [3.05, 3.63) is 34.2 Å². The van der Waals surface area contributed by atoms with Gasteiger partial charge in [-0.2, -0.15) is 12.4 Å². The van der Waals surface area contributed by atoms with E-state index < -0.39 is 38.2 Å². The van der Waals surface area contributed by atoms with E-state index in [1.165, 1.54) is 37.0 Å². The molecule has 8 rings (SSSR count). The number of hydrogen-bond donors (Lipinski definition) is 0. The first-order valence-electron chi connectivity index (χ1n) is 28.8. The van der Waals surface area contributed by atoms with Gasteiger partial charge in [0.25, 0.3) is 0 Å². The summed E-state index contributed by atoms with van der Waals surface area (Å²) < 4.78 is 80.1. The van der Waals surface area contributed by atoms with Gasteiger partial charge in [0, 0.05) is 85.6 Å². The molecular weight excluding hydrogens is 1120 g/mol. The van der Waals surface area contributed by atoms with Gasteiger partial charge in [-0.3, -0.25) is 9.59 Å². The predicted octanol–water partition coefficient (Wildman–Crippen LogP) is 9.13. The number of carbonyl (C=O) groups excluding carboxylic acids is 2. The van der Waals surface area contributed by atoms with Gasteiger partial charge in [0.15, 0.2) is 49.3 Å². The van der Waals surface area contributed by atoms with Crippen molar-refractivity contribution in [3.8, 4) is 0 Å². The smallest absolute Gasteiger partial charge is 0.191 e. The van der Waals surface area contributed by atoms with Gasteiger partial charge in [-0.25, -0.2) is 0 Å². The first-order chi connectivity index (χ1) is 36.5. The Morgan fingerprint density at radius 2 is 0.558 bits per heavy atom. The minimum Gasteiger partial charge on any atom is -0.691 e. The molecule has 0 atom stereocenters. The second kappa shape index (κ2) is 34.8. The van der Waals surface area contributed by atoms with E-state index in [-0.39, 0.29) is 69.4 Å². The Labute approximate surface area is 477 Å². The molecule has 0 amide bonds. The number of hydrogen-bond acceptors (Lipinski definition) is 16. The van der Waals surface area contributed by atoms with Crippen molar-refractivity contribution < 1.29 is 96.0 Å². The number of ketones is 2. The molecule has 0 aromatic heterocycles. The summed E-state index contributed by atoms with van der Waals surface area (Å²) in [5.41, 5.74) is -1.79. The van der Waals surface area contributed by atoms with E-state index in [0.717, 1.165) is 156 Å². The molecule has 0 unspecified atom stereocenters. The number of carbonyl (C=O) groups is 2. The Kier molecular flexibility index (Phi) is 30.4. The van der Waals surface area contributed by atoms with E-state index in [4.69, 9.17) is 66.3 Å². The molecular formula is C56H98N2O16P2Tc. The topological polar surface area (TPSA) is 192 Å². The van der Waals surface area contributed by atoms with Gasteiger partial charge < -0.3 is 76.9 Å². The molecule has 18 nitrogen and oxygen atoms in total. The molecule has 8 aliphatic heterocycles. The third-order valence-corrected chi connectivity index (χ3v) is 20.5. The monoisotopic (exact) mass is 1220 g/mol. The Bertz CT molecular complexity index is 1510. The van der Waals surface area contributed by atoms with Crippen LogP contribution in [-0.4, -0.2) is 201 Å². The fourth-order valence-electron chi connectivity index (χ4n) is 10.4. The molecule has 445 valence electrons. The number of ether oxygens (including phenoxy) is 14. The normalized spacial score (nSPS) is 25.8. The number of Topliss-reactive ketones (excluding diaryl/α,β-unsaturated/α-hetero) is 2. The average Bonchev–Trinajstić information content (AvgIpc) is 3.73. The van der Waals surface area contributed by atoms with E-state index in [0.29, 0.717) is 24.2 Å². The maximum atomic E-state index is 12.4. The van der Waals surface area contributed by atoms with E-state index >= 15 is 0 Å². The summed E-state index contributed by atoms with van der Waals surface area (Å²) in [6, 6.07) is 0. The third kappa shape index (κ3) is 23.9. The van der Waals surface area contributed by atoms with Crippen LogP contribution in [0.15, 0.2) is 23.5 Å². The number of rotatable bonds is 23. The Balaban J connectivity index is 0.000000212. The van der Waals surface area contributed by atoms with Crippen molar-refractivity contribution >= 4 is 27.4 Å². The molecule has 8 heterocycles. The molecule has 0 aliphatic carbocycles. The first-order valence-corrected chi connectivity index (χ1v) is 33.1. The maximum absolute atomic E-state index is 12.4. The van der Waals surface area contributed by atoms with Gasteiger partial charge in [0.1, 0.15) is 11.2 Å². The molecule has 8 fully saturated rings. The summed E-state index contributed by atoms with van der Waals surface area (Å²) in [6.45, 7) is 25.4. The van der Waals surface area contributed by atoms with Crippen LogP contribution in [0, 0.1) is 0 Å². The van der Waals surface area contributed by atoms with Crippen LogP contribution in [0.3, 0.4) is 0 Å². The van der Waals surface area contributed by atoms with Gasteiger partial charge in [0.05, 0.1) is 127 Å². The molecule has 8 saturated heterocycles. The zero-order valence-corrected chi connectivity index (χ0v) is 51.9. The fourth-order valence-corrected chi connectivity index (χ4v) is 15.8. The van der Waals surface area contributed by atoms with Gasteiger partial charge in [0.2, 0.25) is 0 Å². The van der Waals surface area contributed by atoms with Gasteiger partial charge in [-0.15, -0.1) is 13.1 Å². The SMILES string of the molecule is C1COC(CC[PH+](CCC2OCCCO2)CCC2OCCCO2)OC1.C1COC(CC[PH+](CCC2OCCCO2)CCC2OCCCO2)OC1.CC1(C)OC(C)(C)/C(=C/[N-]CC[N-]/C=C2\C(=O)C(C)(C)OC2(C)C)C1=O.[99Tc]. The largest absolute Gasteiger partial charge is 0.691 e.